The Balaban J connectivity index is 0.512. The van der Waals surface area contributed by atoms with Crippen molar-refractivity contribution >= 4 is 169 Å². The first-order valence-corrected chi connectivity index (χ1v) is 46.3. The van der Waals surface area contributed by atoms with Crippen LogP contribution >= 0.6 is 0 Å². The third kappa shape index (κ3) is 27.8. The third-order valence-corrected chi connectivity index (χ3v) is 23.2. The lowest BCUT2D eigenvalue weighted by molar-refractivity contribution is -0.121. The van der Waals surface area contributed by atoms with Gasteiger partial charge in [0.2, 0.25) is 35.4 Å². The molecule has 0 atom stereocenters. The van der Waals surface area contributed by atoms with Crippen LogP contribution in [0.3, 0.4) is 0 Å². The first kappa shape index (κ1) is 107. The summed E-state index contributed by atoms with van der Waals surface area (Å²) in [5.41, 5.74) is 10.8. The first-order chi connectivity index (χ1) is 69.3. The molecule has 50 nitrogen and oxygen atoms in total. The number of nitrogens with two attached hydrogens (primary N) is 1. The Hall–Kier alpha value is -18.0. The Morgan fingerprint density at radius 3 is 0.733 bits per heavy atom. The Morgan fingerprint density at radius 2 is 0.473 bits per heavy atom. The molecule has 12 rings (SSSR count). The Kier molecular flexibility index (Phi) is 34.8. The summed E-state index contributed by atoms with van der Waals surface area (Å²) in [5.74, 6) is -6.83. The van der Waals surface area contributed by atoms with Gasteiger partial charge in [0.25, 0.3) is 70.9 Å². The van der Waals surface area contributed by atoms with Crippen LogP contribution in [0, 0.1) is 0 Å². The van der Waals surface area contributed by atoms with Gasteiger partial charge in [-0.25, -0.2) is 4.98 Å². The zero-order valence-electron chi connectivity index (χ0n) is 84.1. The molecule has 0 bridgehead atoms. The number of imidazole rings is 1. The van der Waals surface area contributed by atoms with Gasteiger partial charge in [0.1, 0.15) is 62.6 Å². The lowest BCUT2D eigenvalue weighted by Crippen LogP contribution is -2.35. The summed E-state index contributed by atoms with van der Waals surface area (Å²) in [6, 6.07) is 16.2. The maximum Gasteiger partial charge on any atom is 0.291 e. The highest BCUT2D eigenvalue weighted by molar-refractivity contribution is 6.13. The van der Waals surface area contributed by atoms with Crippen LogP contribution < -0.4 is 90.8 Å². The molecule has 0 aromatic carbocycles. The highest BCUT2D eigenvalue weighted by Gasteiger charge is 2.28. The first-order valence-electron chi connectivity index (χ1n) is 46.3. The van der Waals surface area contributed by atoms with Crippen molar-refractivity contribution in [1.82, 2.24) is 101 Å². The summed E-state index contributed by atoms with van der Waals surface area (Å²) >= 11 is 0. The van der Waals surface area contributed by atoms with Crippen molar-refractivity contribution in [3.05, 3.63) is 210 Å². The fraction of sp³-hybridized carbons (Fsp3) is 0.333. The van der Waals surface area contributed by atoms with Crippen molar-refractivity contribution < 1.29 is 76.7 Å². The van der Waals surface area contributed by atoms with Crippen LogP contribution in [0.2, 0.25) is 0 Å². The number of aryl methyl sites for hydroxylation is 12. The molecule has 0 aliphatic rings. The molecule has 16 amide bonds. The average molecular weight is 2010 g/mol. The highest BCUT2D eigenvalue weighted by Crippen LogP contribution is 2.28. The van der Waals surface area contributed by atoms with E-state index in [2.05, 4.69) is 99.9 Å². The van der Waals surface area contributed by atoms with Gasteiger partial charge in [-0.2, -0.15) is 4.99 Å². The van der Waals surface area contributed by atoms with Crippen LogP contribution in [-0.2, 0) is 104 Å². The van der Waals surface area contributed by atoms with Crippen molar-refractivity contribution in [3.63, 3.8) is 0 Å². The van der Waals surface area contributed by atoms with Crippen molar-refractivity contribution in [2.24, 2.45) is 95.3 Å². The van der Waals surface area contributed by atoms with Crippen molar-refractivity contribution in [2.45, 2.75) is 44.9 Å². The Morgan fingerprint density at radius 1 is 0.253 bits per heavy atom. The third-order valence-electron chi connectivity index (χ3n) is 23.2. The van der Waals surface area contributed by atoms with Crippen molar-refractivity contribution in [1.29, 1.82) is 0 Å². The number of anilines is 11. The number of amides is 16. The molecule has 0 saturated carbocycles. The molecule has 12 aromatic rings. The van der Waals surface area contributed by atoms with E-state index in [1.165, 1.54) is 143 Å². The topological polar surface area (TPSA) is 586 Å². The van der Waals surface area contributed by atoms with Crippen LogP contribution in [-0.4, -0.2) is 263 Å². The van der Waals surface area contributed by atoms with Crippen molar-refractivity contribution in [2.75, 3.05) is 146 Å². The zero-order chi connectivity index (χ0) is 106. The van der Waals surface area contributed by atoms with Gasteiger partial charge >= 0.3 is 0 Å². The molecule has 0 aliphatic heterocycles. The maximum atomic E-state index is 13.7. The number of carbonyl (C=O) groups is 16. The fourth-order valence-electron chi connectivity index (χ4n) is 15.9. The molecule has 146 heavy (non-hydrogen) atoms. The molecule has 50 heteroatoms. The highest BCUT2D eigenvalue weighted by atomic mass is 16.2. The molecule has 12 heterocycles. The number of carbonyl (C=O) groups excluding carboxylic acids is 16. The molecule has 0 unspecified atom stereocenters. The van der Waals surface area contributed by atoms with Gasteiger partial charge in [-0.15, -0.1) is 0 Å². The zero-order valence-corrected chi connectivity index (χ0v) is 84.1. The standard InChI is InChI=1S/C96H122N34O16/c1-116(2)96(117(3)4)115-78-55-130(17)83(114-78)95(146)113-66-43-77(129(16)54-66)94(145)109-62-39-70(122(9)50-62)87(138)102-30-24-82(134)104-57-34-72(124(11)45-57)89(140)110-63-40-74(126(13)51-63)91(142)107-59-36-67(119(6)47-59)84(135)99-26-18-21-80(132)103-56-33-71(123(10)44-56)88(139)106-60-38-69(121(8)48-60)86(137)101-29-23-81(133)105-58-35-73(125(12)46-58)90(141)111-64-41-76(128(15)52-64)93(144)112-65-42-75(127(14)53-65)92(143)108-61-37-68(120(7)49-61)85(136)100-28-22-79(131)98-27-20-32-118(5)31-19-25-97/h33-55H,18-32,97H2,1-17H3,(H,98,131)(H,99,135)(H,100,136)(H,101,137)(H,102,138)(H,103,132)(H,104,134)(H,105,133)(H,106,139)(H,107,142)(H,108,143)(H,109,145)(H,110,140)(H,111,141)(H,112,144)(H,113,146). The van der Waals surface area contributed by atoms with Crippen LogP contribution in [0.1, 0.15) is 171 Å². The van der Waals surface area contributed by atoms with Gasteiger partial charge in [-0.3, -0.25) is 76.7 Å². The Labute approximate surface area is 838 Å². The van der Waals surface area contributed by atoms with E-state index in [0.717, 1.165) is 25.9 Å². The van der Waals surface area contributed by atoms with E-state index < -0.39 is 88.6 Å². The summed E-state index contributed by atoms with van der Waals surface area (Å²) in [6.07, 6.45) is 20.3. The SMILES string of the molecule is CN(CCCN)CCCNC(=O)CCNC(=O)c1cc(NC(=O)c2cc(NC(=O)c3cc(NC(=O)c4cc(NC(=O)CCNC(=O)c5cc(NC(=O)c6cc(NC(=O)CCCNC(=O)c7cc(NC(=O)c8cc(NC(=O)c9cc(NC(=O)CCNC(=O)c%10cc(NC(=O)c%11cc(NC(=O)c%12nc(N=C(N(C)C)N(C)C)cn%12C)cn%11C)cn%10C)cn9C)cn8C)cn7C)cn6C)cn5C)cn4C)cn3C)cn2C)cn1C. The van der Waals surface area contributed by atoms with Gasteiger partial charge in [0, 0.05) is 239 Å². The summed E-state index contributed by atoms with van der Waals surface area (Å²) < 4.78 is 18.2. The molecule has 18 N–H and O–H groups in total. The van der Waals surface area contributed by atoms with E-state index in [4.69, 9.17) is 5.73 Å². The fourth-order valence-corrected chi connectivity index (χ4v) is 15.9. The molecule has 0 saturated heterocycles. The number of hydrogen-bond acceptors (Lipinski definition) is 20. The van der Waals surface area contributed by atoms with E-state index in [9.17, 15) is 76.7 Å². The number of nitrogens with zero attached hydrogens (tertiary/aromatic N) is 17. The average Bonchev–Trinajstić information content (AvgIpc) is 1.63. The monoisotopic (exact) mass is 2010 g/mol. The lowest BCUT2D eigenvalue weighted by Gasteiger charge is -2.21. The maximum absolute atomic E-state index is 13.7. The molecule has 0 aliphatic carbocycles. The van der Waals surface area contributed by atoms with Crippen LogP contribution in [0.25, 0.3) is 0 Å². The molecule has 0 spiro atoms. The molecule has 0 fully saturated rings. The second-order valence-electron chi connectivity index (χ2n) is 35.5. The lowest BCUT2D eigenvalue weighted by atomic mass is 10.2. The summed E-state index contributed by atoms with van der Waals surface area (Å²) in [5, 5.41) is 44.3. The number of rotatable bonds is 44. The van der Waals surface area contributed by atoms with Gasteiger partial charge in [-0.05, 0) is 113 Å². The number of hydrogen-bond donors (Lipinski definition) is 17. The van der Waals surface area contributed by atoms with Gasteiger partial charge in [0.05, 0.1) is 68.8 Å². The smallest absolute Gasteiger partial charge is 0.291 e. The number of nitrogens with one attached hydrogen (secondary N) is 16. The van der Waals surface area contributed by atoms with E-state index in [1.807, 2.05) is 45.0 Å². The van der Waals surface area contributed by atoms with E-state index in [0.29, 0.717) is 59.0 Å². The van der Waals surface area contributed by atoms with E-state index >= 15 is 0 Å². The van der Waals surface area contributed by atoms with E-state index in [-0.39, 0.29) is 161 Å². The van der Waals surface area contributed by atoms with Gasteiger partial charge in [-0.1, -0.05) is 0 Å². The minimum absolute atomic E-state index is 0.0121. The predicted molar refractivity (Wildman–Crippen MR) is 548 cm³/mol. The second kappa shape index (κ2) is 47.5. The van der Waals surface area contributed by atoms with Crippen molar-refractivity contribution in [3.8, 4) is 0 Å². The number of aromatic nitrogens is 13. The number of aliphatic imine (C=N–C) groups is 1. The molecule has 0 radical (unpaired) electrons. The van der Waals surface area contributed by atoms with Gasteiger partial charge < -0.3 is 160 Å². The molecule has 772 valence electrons. The normalized spacial score (nSPS) is 11.0. The second-order valence-corrected chi connectivity index (χ2v) is 35.5. The molecular weight excluding hydrogens is 1890 g/mol. The van der Waals surface area contributed by atoms with Crippen LogP contribution in [0.15, 0.2) is 146 Å². The van der Waals surface area contributed by atoms with Crippen LogP contribution in [0.4, 0.5) is 68.4 Å². The quantitative estimate of drug-likeness (QED) is 0.0138. The minimum Gasteiger partial charge on any atom is -0.356 e. The summed E-state index contributed by atoms with van der Waals surface area (Å²) in [7, 11) is 28.8. The van der Waals surface area contributed by atoms with Gasteiger partial charge in [0.15, 0.2) is 5.82 Å². The largest absolute Gasteiger partial charge is 0.356 e. The molecule has 12 aromatic heterocycles. The van der Waals surface area contributed by atoms with Crippen LogP contribution in [0.5, 0.6) is 0 Å². The Bertz CT molecular complexity index is 7010. The predicted octanol–water partition coefficient (Wildman–Crippen LogP) is 4.85. The minimum atomic E-state index is -0.562. The van der Waals surface area contributed by atoms with E-state index in [1.54, 1.807) is 137 Å². The molecular formula is C96H122N34O16. The summed E-state index contributed by atoms with van der Waals surface area (Å²) in [4.78, 5) is 228. The summed E-state index contributed by atoms with van der Waals surface area (Å²) in [6.45, 7) is 2.88. The number of guanidine groups is 1.